The van der Waals surface area contributed by atoms with E-state index < -0.39 is 4.92 Å². The maximum atomic E-state index is 10.7. The third-order valence-corrected chi connectivity index (χ3v) is 2.87. The van der Waals surface area contributed by atoms with Gasteiger partial charge in [-0.05, 0) is 6.07 Å². The fourth-order valence-corrected chi connectivity index (χ4v) is 1.76. The lowest BCUT2D eigenvalue weighted by Gasteiger charge is -2.06. The number of halogens is 1. The van der Waals surface area contributed by atoms with E-state index in [4.69, 9.17) is 16.7 Å². The summed E-state index contributed by atoms with van der Waals surface area (Å²) in [5.74, 6) is 0. The second-order valence-corrected chi connectivity index (χ2v) is 4.38. The highest BCUT2D eigenvalue weighted by molar-refractivity contribution is 6.33. The van der Waals surface area contributed by atoms with Gasteiger partial charge in [0.2, 0.25) is 0 Å². The Labute approximate surface area is 119 Å². The maximum Gasteiger partial charge on any atom is 0.271 e. The number of nitrogens with one attached hydrogen (secondary N) is 1. The molecule has 20 heavy (non-hydrogen) atoms. The van der Waals surface area contributed by atoms with Crippen LogP contribution in [0.3, 0.4) is 0 Å². The lowest BCUT2D eigenvalue weighted by Crippen LogP contribution is -2.02. The van der Waals surface area contributed by atoms with Crippen LogP contribution in [-0.4, -0.2) is 31.6 Å². The molecular formula is C11H12ClN5O3. The van der Waals surface area contributed by atoms with E-state index in [-0.39, 0.29) is 12.3 Å². The summed E-state index contributed by atoms with van der Waals surface area (Å²) in [6, 6.07) is 4.16. The summed E-state index contributed by atoms with van der Waals surface area (Å²) in [5.41, 5.74) is 1.06. The normalized spacial score (nSPS) is 10.5. The number of aromatic nitrogens is 3. The van der Waals surface area contributed by atoms with Crippen molar-refractivity contribution in [3.8, 4) is 0 Å². The van der Waals surface area contributed by atoms with E-state index in [0.717, 1.165) is 0 Å². The van der Waals surface area contributed by atoms with Crippen LogP contribution in [0.15, 0.2) is 24.4 Å². The summed E-state index contributed by atoms with van der Waals surface area (Å²) >= 11 is 5.96. The van der Waals surface area contributed by atoms with Crippen molar-refractivity contribution in [2.75, 3.05) is 11.9 Å². The number of nitrogens with zero attached hydrogens (tertiary/aromatic N) is 4. The van der Waals surface area contributed by atoms with Crippen LogP contribution in [0.2, 0.25) is 5.02 Å². The Morgan fingerprint density at radius 2 is 2.30 bits per heavy atom. The molecule has 0 bridgehead atoms. The molecule has 1 aromatic heterocycles. The van der Waals surface area contributed by atoms with Crippen molar-refractivity contribution in [1.82, 2.24) is 15.0 Å². The second kappa shape index (κ2) is 6.31. The minimum atomic E-state index is -0.487. The van der Waals surface area contributed by atoms with Gasteiger partial charge in [-0.15, -0.1) is 5.10 Å². The van der Waals surface area contributed by atoms with Gasteiger partial charge in [0, 0.05) is 12.1 Å². The summed E-state index contributed by atoms with van der Waals surface area (Å²) in [6.45, 7) is 0.670. The van der Waals surface area contributed by atoms with Crippen molar-refractivity contribution >= 4 is 23.0 Å². The molecule has 0 atom stereocenters. The fraction of sp³-hybridized carbons (Fsp3) is 0.273. The number of aliphatic hydroxyl groups is 1. The number of benzene rings is 1. The maximum absolute atomic E-state index is 10.7. The lowest BCUT2D eigenvalue weighted by atomic mass is 10.2. The van der Waals surface area contributed by atoms with Crippen LogP contribution >= 0.6 is 11.6 Å². The van der Waals surface area contributed by atoms with Crippen LogP contribution in [0.5, 0.6) is 0 Å². The molecule has 8 nitrogen and oxygen atoms in total. The van der Waals surface area contributed by atoms with E-state index in [1.165, 1.54) is 22.9 Å². The summed E-state index contributed by atoms with van der Waals surface area (Å²) in [7, 11) is 0. The molecule has 0 aliphatic heterocycles. The minimum Gasteiger partial charge on any atom is -0.394 e. The van der Waals surface area contributed by atoms with Gasteiger partial charge in [0.25, 0.3) is 5.69 Å². The largest absolute Gasteiger partial charge is 0.394 e. The number of hydrogen-bond acceptors (Lipinski definition) is 6. The summed E-state index contributed by atoms with van der Waals surface area (Å²) in [6.07, 6.45) is 1.68. The lowest BCUT2D eigenvalue weighted by molar-refractivity contribution is -0.384. The Bertz CT molecular complexity index is 616. The molecule has 0 unspecified atom stereocenters. The van der Waals surface area contributed by atoms with Gasteiger partial charge in [-0.1, -0.05) is 16.8 Å². The van der Waals surface area contributed by atoms with Crippen molar-refractivity contribution in [1.29, 1.82) is 0 Å². The Morgan fingerprint density at radius 1 is 1.50 bits per heavy atom. The first-order chi connectivity index (χ1) is 9.60. The zero-order valence-corrected chi connectivity index (χ0v) is 11.1. The first-order valence-corrected chi connectivity index (χ1v) is 6.15. The van der Waals surface area contributed by atoms with Crippen molar-refractivity contribution in [3.05, 3.63) is 45.2 Å². The molecule has 2 aromatic rings. The number of anilines is 1. The molecule has 9 heteroatoms. The van der Waals surface area contributed by atoms with Crippen LogP contribution in [0.4, 0.5) is 11.4 Å². The van der Waals surface area contributed by atoms with Crippen LogP contribution in [-0.2, 0) is 13.1 Å². The van der Waals surface area contributed by atoms with E-state index in [0.29, 0.717) is 29.5 Å². The van der Waals surface area contributed by atoms with E-state index >= 15 is 0 Å². The zero-order valence-electron chi connectivity index (χ0n) is 10.4. The zero-order chi connectivity index (χ0) is 14.5. The number of aliphatic hydroxyl groups excluding tert-OH is 1. The predicted molar refractivity (Wildman–Crippen MR) is 72.5 cm³/mol. The molecule has 2 rings (SSSR count). The molecule has 0 saturated carbocycles. The van der Waals surface area contributed by atoms with Gasteiger partial charge in [-0.2, -0.15) is 0 Å². The van der Waals surface area contributed by atoms with E-state index in [9.17, 15) is 10.1 Å². The van der Waals surface area contributed by atoms with Gasteiger partial charge in [-0.3, -0.25) is 10.1 Å². The van der Waals surface area contributed by atoms with Crippen LogP contribution in [0.25, 0.3) is 0 Å². The highest BCUT2D eigenvalue weighted by Gasteiger charge is 2.10. The highest BCUT2D eigenvalue weighted by atomic mass is 35.5. The van der Waals surface area contributed by atoms with Gasteiger partial charge in [0.1, 0.15) is 5.69 Å². The summed E-state index contributed by atoms with van der Waals surface area (Å²) < 4.78 is 1.51. The van der Waals surface area contributed by atoms with Crippen molar-refractivity contribution in [3.63, 3.8) is 0 Å². The standard InChI is InChI=1S/C11H12ClN5O3/c12-10-2-1-9(17(19)20)5-11(10)13-6-8-7-16(3-4-18)15-14-8/h1-2,5,7,13,18H,3-4,6H2. The van der Waals surface area contributed by atoms with Crippen LogP contribution in [0.1, 0.15) is 5.69 Å². The van der Waals surface area contributed by atoms with E-state index in [1.54, 1.807) is 6.20 Å². The molecule has 1 aromatic carbocycles. The van der Waals surface area contributed by atoms with Crippen molar-refractivity contribution in [2.24, 2.45) is 0 Å². The number of nitro groups is 1. The molecule has 1 heterocycles. The van der Waals surface area contributed by atoms with E-state index in [1.807, 2.05) is 0 Å². The minimum absolute atomic E-state index is 0.0209. The molecule has 0 aliphatic rings. The molecule has 106 valence electrons. The molecular weight excluding hydrogens is 286 g/mol. The Kier molecular flexibility index (Phi) is 4.49. The molecule has 2 N–H and O–H groups in total. The first-order valence-electron chi connectivity index (χ1n) is 5.78. The molecule has 0 radical (unpaired) electrons. The Hall–Kier alpha value is -2.19. The average molecular weight is 298 g/mol. The number of non-ortho nitro benzene ring substituents is 1. The van der Waals surface area contributed by atoms with Gasteiger partial charge < -0.3 is 10.4 Å². The highest BCUT2D eigenvalue weighted by Crippen LogP contribution is 2.26. The Morgan fingerprint density at radius 3 is 3.00 bits per heavy atom. The predicted octanol–water partition coefficient (Wildman–Crippen LogP) is 1.44. The topological polar surface area (TPSA) is 106 Å². The Balaban J connectivity index is 2.05. The van der Waals surface area contributed by atoms with Gasteiger partial charge in [0.15, 0.2) is 0 Å². The number of rotatable bonds is 6. The molecule has 0 spiro atoms. The molecule has 0 saturated heterocycles. The summed E-state index contributed by atoms with van der Waals surface area (Å²) in [5, 5.41) is 30.5. The molecule has 0 fully saturated rings. The number of hydrogen-bond donors (Lipinski definition) is 2. The van der Waals surface area contributed by atoms with Crippen LogP contribution in [0, 0.1) is 10.1 Å². The van der Waals surface area contributed by atoms with E-state index in [2.05, 4.69) is 15.6 Å². The average Bonchev–Trinajstić information content (AvgIpc) is 2.86. The first kappa shape index (κ1) is 14.2. The van der Waals surface area contributed by atoms with Crippen LogP contribution < -0.4 is 5.32 Å². The monoisotopic (exact) mass is 297 g/mol. The summed E-state index contributed by atoms with van der Waals surface area (Å²) in [4.78, 5) is 10.2. The quantitative estimate of drug-likeness (QED) is 0.617. The second-order valence-electron chi connectivity index (χ2n) is 3.97. The van der Waals surface area contributed by atoms with Crippen molar-refractivity contribution < 1.29 is 10.0 Å². The molecule has 0 amide bonds. The third kappa shape index (κ3) is 3.43. The van der Waals surface area contributed by atoms with Gasteiger partial charge in [-0.25, -0.2) is 4.68 Å². The third-order valence-electron chi connectivity index (χ3n) is 2.54. The SMILES string of the molecule is O=[N+]([O-])c1ccc(Cl)c(NCc2cn(CCO)nn2)c1. The smallest absolute Gasteiger partial charge is 0.271 e. The number of nitro benzene ring substituents is 1. The van der Waals surface area contributed by atoms with Crippen molar-refractivity contribution in [2.45, 2.75) is 13.1 Å². The van der Waals surface area contributed by atoms with Gasteiger partial charge in [0.05, 0.1) is 41.5 Å². The van der Waals surface area contributed by atoms with Gasteiger partial charge >= 0.3 is 0 Å². The fourth-order valence-electron chi connectivity index (χ4n) is 1.58. The molecule has 0 aliphatic carbocycles.